The first-order valence-electron chi connectivity index (χ1n) is 13.9. The monoisotopic (exact) mass is 500 g/mol. The van der Waals surface area contributed by atoms with Crippen molar-refractivity contribution in [3.8, 4) is 11.3 Å². The number of ketones is 1. The summed E-state index contributed by atoms with van der Waals surface area (Å²) >= 11 is 0. The molecule has 2 heterocycles. The first-order valence-corrected chi connectivity index (χ1v) is 13.9. The van der Waals surface area contributed by atoms with Gasteiger partial charge in [-0.15, -0.1) is 0 Å². The Hall–Kier alpha value is -2.56. The van der Waals surface area contributed by atoms with Crippen LogP contribution in [0.5, 0.6) is 0 Å². The van der Waals surface area contributed by atoms with Crippen LogP contribution in [0.4, 0.5) is 0 Å². The zero-order valence-electron chi connectivity index (χ0n) is 25.7. The Morgan fingerprint density at radius 2 is 1.61 bits per heavy atom. The minimum atomic E-state index is 0.362. The van der Waals surface area contributed by atoms with E-state index in [9.17, 15) is 4.79 Å². The van der Waals surface area contributed by atoms with E-state index in [4.69, 9.17) is 0 Å². The lowest BCUT2D eigenvalue weighted by Crippen LogP contribution is -2.12. The Morgan fingerprint density at radius 1 is 1.06 bits per heavy atom. The Labute approximate surface area is 223 Å². The van der Waals surface area contributed by atoms with Crippen LogP contribution in [0.3, 0.4) is 0 Å². The molecule has 0 radical (unpaired) electrons. The molecule has 0 fully saturated rings. The smallest absolute Gasteiger partial charge is 0.133 e. The molecule has 0 aromatic carbocycles. The molecule has 2 rings (SSSR count). The molecule has 0 spiro atoms. The van der Waals surface area contributed by atoms with Gasteiger partial charge in [-0.3, -0.25) is 19.9 Å². The van der Waals surface area contributed by atoms with Gasteiger partial charge in [-0.25, -0.2) is 0 Å². The maximum Gasteiger partial charge on any atom is 0.133 e. The third-order valence-electron chi connectivity index (χ3n) is 5.06. The highest BCUT2D eigenvalue weighted by atomic mass is 16.1. The molecule has 0 saturated heterocycles. The normalized spacial score (nSPS) is 11.4. The molecular weight excluding hydrogens is 444 g/mol. The summed E-state index contributed by atoms with van der Waals surface area (Å²) in [4.78, 5) is 19.9. The summed E-state index contributed by atoms with van der Waals surface area (Å²) in [5.41, 5.74) is 5.55. The predicted molar refractivity (Wildman–Crippen MR) is 161 cm³/mol. The highest BCUT2D eigenvalue weighted by Gasteiger charge is 2.15. The van der Waals surface area contributed by atoms with Crippen LogP contribution >= 0.6 is 0 Å². The number of hydrogen-bond acceptors (Lipinski definition) is 4. The molecule has 0 aliphatic heterocycles. The van der Waals surface area contributed by atoms with Crippen molar-refractivity contribution >= 4 is 11.5 Å². The van der Waals surface area contributed by atoms with Crippen LogP contribution in [0, 0.1) is 18.8 Å². The van der Waals surface area contributed by atoms with E-state index in [1.54, 1.807) is 12.4 Å². The largest absolute Gasteiger partial charge is 0.300 e. The van der Waals surface area contributed by atoms with Gasteiger partial charge in [0, 0.05) is 49.3 Å². The van der Waals surface area contributed by atoms with Crippen molar-refractivity contribution in [2.24, 2.45) is 16.8 Å². The molecule has 0 aliphatic carbocycles. The summed E-state index contributed by atoms with van der Waals surface area (Å²) in [6, 6.07) is 5.89. The molecule has 1 unspecified atom stereocenters. The lowest BCUT2D eigenvalue weighted by atomic mass is 9.88. The quantitative estimate of drug-likeness (QED) is 0.349. The number of rotatable bonds is 9. The van der Waals surface area contributed by atoms with Gasteiger partial charge < -0.3 is 0 Å². The number of hydrogen-bond donors (Lipinski definition) is 1. The molecule has 0 amide bonds. The number of carbonyl (C=O) groups is 1. The molecular formula is C31H56N4O. The van der Waals surface area contributed by atoms with Gasteiger partial charge in [-0.1, -0.05) is 81.2 Å². The average molecular weight is 501 g/mol. The second kappa shape index (κ2) is 25.5. The number of aromatic nitrogens is 3. The fraction of sp³-hybridized carbons (Fsp3) is 0.613. The topological polar surface area (TPSA) is 71.0 Å². The van der Waals surface area contributed by atoms with Crippen LogP contribution in [-0.2, 0) is 4.79 Å². The van der Waals surface area contributed by atoms with Crippen molar-refractivity contribution in [2.75, 3.05) is 7.05 Å². The fourth-order valence-electron chi connectivity index (χ4n) is 3.19. The Balaban J connectivity index is -0.000000520. The number of pyridine rings is 1. The third-order valence-corrected chi connectivity index (χ3v) is 5.06. The van der Waals surface area contributed by atoms with E-state index in [-0.39, 0.29) is 0 Å². The number of aliphatic imine (C=N–C) groups is 1. The Morgan fingerprint density at radius 3 is 2.00 bits per heavy atom. The number of aromatic amines is 1. The molecule has 2 aromatic rings. The van der Waals surface area contributed by atoms with Gasteiger partial charge in [0.2, 0.25) is 0 Å². The van der Waals surface area contributed by atoms with E-state index in [1.807, 2.05) is 80.6 Å². The highest BCUT2D eigenvalue weighted by Crippen LogP contribution is 2.22. The Kier molecular flexibility index (Phi) is 26.9. The number of carbonyl (C=O) groups excluding carboxylic acids is 1. The second-order valence-corrected chi connectivity index (χ2v) is 7.95. The summed E-state index contributed by atoms with van der Waals surface area (Å²) in [5.74, 6) is 1.19. The standard InChI is InChI=1S/C16H29NO.C9H9N3.3C2H6/c1-7-9-14(11-15(18)8-2)13(5)10-16(17-6)12(3)4;1-7-6-9(12-11-7)8-2-4-10-5-3-8;3*1-2/h10,12,14H,7-9,11H2,1-6H3;2-6H,1H3,(H,11,12);3*1-2H3/b13-10+,17-16?;;;;. The zero-order chi connectivity index (χ0) is 28.5. The summed E-state index contributed by atoms with van der Waals surface area (Å²) < 4.78 is 0. The molecule has 2 aromatic heterocycles. The van der Waals surface area contributed by atoms with Crippen molar-refractivity contribution in [2.45, 2.75) is 109 Å². The highest BCUT2D eigenvalue weighted by molar-refractivity contribution is 5.97. The zero-order valence-corrected chi connectivity index (χ0v) is 25.7. The molecule has 36 heavy (non-hydrogen) atoms. The number of aryl methyl sites for hydroxylation is 1. The van der Waals surface area contributed by atoms with Crippen LogP contribution < -0.4 is 0 Å². The first kappa shape index (κ1) is 38.0. The van der Waals surface area contributed by atoms with E-state index in [0.717, 1.165) is 35.5 Å². The van der Waals surface area contributed by atoms with Crippen LogP contribution in [0.25, 0.3) is 11.3 Å². The minimum Gasteiger partial charge on any atom is -0.300 e. The van der Waals surface area contributed by atoms with Crippen molar-refractivity contribution in [3.63, 3.8) is 0 Å². The van der Waals surface area contributed by atoms with Crippen LogP contribution in [0.15, 0.2) is 47.2 Å². The van der Waals surface area contributed by atoms with Crippen molar-refractivity contribution in [1.82, 2.24) is 15.2 Å². The Bertz CT molecular complexity index is 820. The van der Waals surface area contributed by atoms with Crippen molar-refractivity contribution in [1.29, 1.82) is 0 Å². The van der Waals surface area contributed by atoms with E-state index in [2.05, 4.69) is 53.9 Å². The molecule has 5 heteroatoms. The van der Waals surface area contributed by atoms with Crippen molar-refractivity contribution in [3.05, 3.63) is 47.9 Å². The maximum atomic E-state index is 11.6. The SMILES string of the molecule is CC.CC.CC.CCCC(CC(=O)CC)/C(C)=C/C(=NC)C(C)C.Cc1cc(-c2ccncc2)n[nH]1. The lowest BCUT2D eigenvalue weighted by molar-refractivity contribution is -0.119. The van der Waals surface area contributed by atoms with Crippen molar-refractivity contribution < 1.29 is 4.79 Å². The number of H-pyrrole nitrogens is 1. The maximum absolute atomic E-state index is 11.6. The van der Waals surface area contributed by atoms with Crippen LogP contribution in [0.1, 0.15) is 108 Å². The lowest BCUT2D eigenvalue weighted by Gasteiger charge is -2.17. The number of Topliss-reactive ketones (excluding diaryl/α,β-unsaturated/α-hetero) is 1. The van der Waals surface area contributed by atoms with Gasteiger partial charge in [-0.05, 0) is 56.4 Å². The van der Waals surface area contributed by atoms with E-state index < -0.39 is 0 Å². The van der Waals surface area contributed by atoms with Crippen LogP contribution in [0.2, 0.25) is 0 Å². The number of nitrogens with one attached hydrogen (secondary N) is 1. The van der Waals surface area contributed by atoms with Gasteiger partial charge in [0.25, 0.3) is 0 Å². The average Bonchev–Trinajstić information content (AvgIpc) is 3.37. The van der Waals surface area contributed by atoms with Gasteiger partial charge in [-0.2, -0.15) is 5.10 Å². The molecule has 206 valence electrons. The predicted octanol–water partition coefficient (Wildman–Crippen LogP) is 9.30. The number of allylic oxidation sites excluding steroid dienone is 2. The van der Waals surface area contributed by atoms with Gasteiger partial charge >= 0.3 is 0 Å². The molecule has 1 N–H and O–H groups in total. The molecule has 0 saturated carbocycles. The van der Waals surface area contributed by atoms with Gasteiger partial charge in [0.05, 0.1) is 5.69 Å². The summed E-state index contributed by atoms with van der Waals surface area (Å²) in [7, 11) is 1.84. The number of nitrogens with zero attached hydrogens (tertiary/aromatic N) is 3. The van der Waals surface area contributed by atoms with Gasteiger partial charge in [0.1, 0.15) is 5.78 Å². The minimum absolute atomic E-state index is 0.362. The summed E-state index contributed by atoms with van der Waals surface area (Å²) in [6.45, 7) is 24.5. The molecule has 0 aliphatic rings. The first-order chi connectivity index (χ1) is 17.3. The van der Waals surface area contributed by atoms with E-state index in [0.29, 0.717) is 30.5 Å². The molecule has 5 nitrogen and oxygen atoms in total. The third kappa shape index (κ3) is 17.0. The fourth-order valence-corrected chi connectivity index (χ4v) is 3.19. The second-order valence-electron chi connectivity index (χ2n) is 7.95. The van der Waals surface area contributed by atoms with E-state index >= 15 is 0 Å². The molecule has 0 bridgehead atoms. The van der Waals surface area contributed by atoms with E-state index in [1.165, 1.54) is 5.57 Å². The van der Waals surface area contributed by atoms with Gasteiger partial charge in [0.15, 0.2) is 0 Å². The summed E-state index contributed by atoms with van der Waals surface area (Å²) in [5, 5.41) is 7.03. The molecule has 1 atom stereocenters. The van der Waals surface area contributed by atoms with Crippen LogP contribution in [-0.4, -0.2) is 33.7 Å². The summed E-state index contributed by atoms with van der Waals surface area (Å²) in [6.07, 6.45) is 9.23.